The SMILES string of the molecule is Cc1ccc(NC(=O)[C@@H](C)n2nnc3sc(-c4ccccc4)cc3c2=O)c(C)c1. The van der Waals surface area contributed by atoms with E-state index in [0.717, 1.165) is 31.9 Å². The van der Waals surface area contributed by atoms with Crippen molar-refractivity contribution in [1.82, 2.24) is 15.0 Å². The third-order valence-electron chi connectivity index (χ3n) is 4.83. The molecule has 2 aromatic carbocycles. The number of hydrogen-bond donors (Lipinski definition) is 1. The standard InChI is InChI=1S/C22H20N4O2S/c1-13-9-10-18(14(2)11-13)23-20(27)15(3)26-22(28)17-12-19(29-21(17)24-25-26)16-7-5-4-6-8-16/h4-12,15H,1-3H3,(H,23,27)/t15-/m1/s1. The monoisotopic (exact) mass is 404 g/mol. The molecule has 2 aromatic heterocycles. The van der Waals surface area contributed by atoms with Crippen LogP contribution in [0.15, 0.2) is 59.4 Å². The molecule has 1 N–H and O–H groups in total. The van der Waals surface area contributed by atoms with Crippen molar-refractivity contribution in [3.05, 3.63) is 76.1 Å². The molecule has 4 rings (SSSR count). The Morgan fingerprint density at radius 3 is 2.59 bits per heavy atom. The van der Waals surface area contributed by atoms with Crippen molar-refractivity contribution in [2.75, 3.05) is 5.32 Å². The van der Waals surface area contributed by atoms with E-state index in [2.05, 4.69) is 15.6 Å². The number of nitrogens with one attached hydrogen (secondary N) is 1. The molecule has 0 aliphatic carbocycles. The van der Waals surface area contributed by atoms with E-state index in [1.165, 1.54) is 11.3 Å². The summed E-state index contributed by atoms with van der Waals surface area (Å²) in [7, 11) is 0. The fourth-order valence-electron chi connectivity index (χ4n) is 3.16. The van der Waals surface area contributed by atoms with Crippen LogP contribution in [0, 0.1) is 13.8 Å². The van der Waals surface area contributed by atoms with E-state index >= 15 is 0 Å². The number of amides is 1. The summed E-state index contributed by atoms with van der Waals surface area (Å²) in [5.41, 5.74) is 3.49. The van der Waals surface area contributed by atoms with Crippen molar-refractivity contribution in [1.29, 1.82) is 0 Å². The van der Waals surface area contributed by atoms with Crippen LogP contribution in [0.5, 0.6) is 0 Å². The van der Waals surface area contributed by atoms with Gasteiger partial charge in [-0.05, 0) is 44.0 Å². The molecule has 7 heteroatoms. The van der Waals surface area contributed by atoms with Crippen molar-refractivity contribution in [3.63, 3.8) is 0 Å². The Morgan fingerprint density at radius 1 is 1.10 bits per heavy atom. The molecular formula is C22H20N4O2S. The minimum Gasteiger partial charge on any atom is -0.324 e. The average Bonchev–Trinajstić information content (AvgIpc) is 3.16. The largest absolute Gasteiger partial charge is 0.324 e. The molecule has 2 heterocycles. The average molecular weight is 404 g/mol. The number of aryl methyl sites for hydroxylation is 2. The first-order chi connectivity index (χ1) is 13.9. The van der Waals surface area contributed by atoms with E-state index in [0.29, 0.717) is 10.2 Å². The highest BCUT2D eigenvalue weighted by Crippen LogP contribution is 2.30. The van der Waals surface area contributed by atoms with Crippen LogP contribution in [0.3, 0.4) is 0 Å². The van der Waals surface area contributed by atoms with E-state index in [9.17, 15) is 9.59 Å². The summed E-state index contributed by atoms with van der Waals surface area (Å²) in [5, 5.41) is 11.5. The Labute approximate surface area is 171 Å². The molecule has 0 radical (unpaired) electrons. The Kier molecular flexibility index (Phi) is 4.98. The van der Waals surface area contributed by atoms with Gasteiger partial charge in [0, 0.05) is 10.6 Å². The quantitative estimate of drug-likeness (QED) is 0.549. The second-order valence-corrected chi connectivity index (χ2v) is 8.05. The zero-order chi connectivity index (χ0) is 20.5. The zero-order valence-electron chi connectivity index (χ0n) is 16.3. The molecular weight excluding hydrogens is 384 g/mol. The maximum Gasteiger partial charge on any atom is 0.279 e. The molecule has 0 aliphatic rings. The second kappa shape index (κ2) is 7.60. The first-order valence-electron chi connectivity index (χ1n) is 9.26. The predicted octanol–water partition coefficient (Wildman–Crippen LogP) is 4.34. The van der Waals surface area contributed by atoms with E-state index in [4.69, 9.17) is 0 Å². The van der Waals surface area contributed by atoms with Gasteiger partial charge in [0.2, 0.25) is 5.91 Å². The summed E-state index contributed by atoms with van der Waals surface area (Å²) in [4.78, 5) is 27.2. The second-order valence-electron chi connectivity index (χ2n) is 7.02. The topological polar surface area (TPSA) is 76.9 Å². The van der Waals surface area contributed by atoms with Gasteiger partial charge in [-0.3, -0.25) is 9.59 Å². The Balaban J connectivity index is 1.65. The minimum atomic E-state index is -0.792. The van der Waals surface area contributed by atoms with Gasteiger partial charge >= 0.3 is 0 Å². The van der Waals surface area contributed by atoms with Crippen LogP contribution in [-0.4, -0.2) is 20.9 Å². The van der Waals surface area contributed by atoms with E-state index in [1.807, 2.05) is 68.4 Å². The minimum absolute atomic E-state index is 0.314. The van der Waals surface area contributed by atoms with Gasteiger partial charge in [0.1, 0.15) is 6.04 Å². The van der Waals surface area contributed by atoms with Crippen LogP contribution in [0.4, 0.5) is 5.69 Å². The van der Waals surface area contributed by atoms with Gasteiger partial charge in [-0.25, -0.2) is 0 Å². The maximum absolute atomic E-state index is 13.0. The number of carbonyl (C=O) groups is 1. The summed E-state index contributed by atoms with van der Waals surface area (Å²) >= 11 is 1.41. The molecule has 0 fully saturated rings. The number of carbonyl (C=O) groups excluding carboxylic acids is 1. The fourth-order valence-corrected chi connectivity index (χ4v) is 4.13. The summed E-state index contributed by atoms with van der Waals surface area (Å²) in [5.74, 6) is -0.314. The van der Waals surface area contributed by atoms with Crippen molar-refractivity contribution in [3.8, 4) is 10.4 Å². The molecule has 0 bridgehead atoms. The number of anilines is 1. The van der Waals surface area contributed by atoms with Gasteiger partial charge in [0.15, 0.2) is 4.83 Å². The maximum atomic E-state index is 13.0. The predicted molar refractivity (Wildman–Crippen MR) is 116 cm³/mol. The Hall–Kier alpha value is -3.32. The number of hydrogen-bond acceptors (Lipinski definition) is 5. The van der Waals surface area contributed by atoms with Crippen LogP contribution < -0.4 is 10.9 Å². The third kappa shape index (κ3) is 3.69. The van der Waals surface area contributed by atoms with Crippen molar-refractivity contribution < 1.29 is 4.79 Å². The smallest absolute Gasteiger partial charge is 0.279 e. The number of thiophene rings is 1. The van der Waals surface area contributed by atoms with E-state index in [1.54, 1.807) is 6.92 Å². The highest BCUT2D eigenvalue weighted by molar-refractivity contribution is 7.21. The molecule has 0 aliphatic heterocycles. The molecule has 0 saturated heterocycles. The first-order valence-corrected chi connectivity index (χ1v) is 10.1. The van der Waals surface area contributed by atoms with Crippen LogP contribution in [-0.2, 0) is 4.79 Å². The van der Waals surface area contributed by atoms with Gasteiger partial charge in [-0.1, -0.05) is 53.2 Å². The lowest BCUT2D eigenvalue weighted by Crippen LogP contribution is -2.34. The highest BCUT2D eigenvalue weighted by atomic mass is 32.1. The van der Waals surface area contributed by atoms with E-state index in [-0.39, 0.29) is 11.5 Å². The lowest BCUT2D eigenvalue weighted by Gasteiger charge is -2.14. The molecule has 0 saturated carbocycles. The van der Waals surface area contributed by atoms with Crippen LogP contribution in [0.1, 0.15) is 24.1 Å². The molecule has 4 aromatic rings. The van der Waals surface area contributed by atoms with Crippen molar-refractivity contribution >= 4 is 33.1 Å². The number of rotatable bonds is 4. The van der Waals surface area contributed by atoms with Gasteiger partial charge in [0.05, 0.1) is 5.39 Å². The molecule has 6 nitrogen and oxygen atoms in total. The molecule has 0 spiro atoms. The Bertz CT molecular complexity index is 1260. The number of aromatic nitrogens is 3. The molecule has 29 heavy (non-hydrogen) atoms. The summed E-state index contributed by atoms with van der Waals surface area (Å²) in [6, 6.07) is 16.6. The lowest BCUT2D eigenvalue weighted by molar-refractivity contribution is -0.119. The van der Waals surface area contributed by atoms with Gasteiger partial charge in [0.25, 0.3) is 5.56 Å². The number of nitrogens with zero attached hydrogens (tertiary/aromatic N) is 3. The van der Waals surface area contributed by atoms with Crippen LogP contribution in [0.2, 0.25) is 0 Å². The lowest BCUT2D eigenvalue weighted by atomic mass is 10.1. The highest BCUT2D eigenvalue weighted by Gasteiger charge is 2.21. The summed E-state index contributed by atoms with van der Waals surface area (Å²) in [6.07, 6.45) is 0. The summed E-state index contributed by atoms with van der Waals surface area (Å²) < 4.78 is 1.14. The molecule has 1 amide bonds. The molecule has 1 atom stereocenters. The fraction of sp³-hybridized carbons (Fsp3) is 0.182. The number of benzene rings is 2. The van der Waals surface area contributed by atoms with Gasteiger partial charge in [-0.2, -0.15) is 4.68 Å². The summed E-state index contributed by atoms with van der Waals surface area (Å²) in [6.45, 7) is 5.57. The first kappa shape index (κ1) is 19.0. The normalized spacial score (nSPS) is 12.1. The molecule has 0 unspecified atom stereocenters. The zero-order valence-corrected chi connectivity index (χ0v) is 17.2. The molecule has 146 valence electrons. The Morgan fingerprint density at radius 2 is 1.86 bits per heavy atom. The third-order valence-corrected chi connectivity index (χ3v) is 5.90. The van der Waals surface area contributed by atoms with Gasteiger partial charge < -0.3 is 5.32 Å². The van der Waals surface area contributed by atoms with E-state index < -0.39 is 6.04 Å². The van der Waals surface area contributed by atoms with Crippen LogP contribution >= 0.6 is 11.3 Å². The number of fused-ring (bicyclic) bond motifs is 1. The van der Waals surface area contributed by atoms with Crippen LogP contribution in [0.25, 0.3) is 20.7 Å². The van der Waals surface area contributed by atoms with Crippen molar-refractivity contribution in [2.24, 2.45) is 0 Å². The van der Waals surface area contributed by atoms with Crippen molar-refractivity contribution in [2.45, 2.75) is 26.8 Å². The van der Waals surface area contributed by atoms with Gasteiger partial charge in [-0.15, -0.1) is 16.4 Å².